The molecule has 7 heteroatoms. The lowest BCUT2D eigenvalue weighted by atomic mass is 10.1. The fourth-order valence-electron chi connectivity index (χ4n) is 3.20. The second-order valence-electron chi connectivity index (χ2n) is 6.69. The molecule has 0 bridgehead atoms. The second-order valence-corrected chi connectivity index (χ2v) is 6.69. The van der Waals surface area contributed by atoms with E-state index >= 15 is 0 Å². The molecule has 0 N–H and O–H groups in total. The molecule has 7 nitrogen and oxygen atoms in total. The Bertz CT molecular complexity index is 869. The van der Waals surface area contributed by atoms with Crippen molar-refractivity contribution in [3.8, 4) is 17.2 Å². The first-order valence-corrected chi connectivity index (χ1v) is 9.33. The van der Waals surface area contributed by atoms with Gasteiger partial charge in [-0.3, -0.25) is 14.5 Å². The number of carbonyl (C=O) groups excluding carboxylic acids is 1. The molecule has 0 spiro atoms. The van der Waals surface area contributed by atoms with Crippen molar-refractivity contribution in [2.45, 2.75) is 25.8 Å². The van der Waals surface area contributed by atoms with Crippen LogP contribution in [0.1, 0.15) is 35.4 Å². The lowest BCUT2D eigenvalue weighted by Crippen LogP contribution is -2.29. The van der Waals surface area contributed by atoms with E-state index in [9.17, 15) is 9.59 Å². The highest BCUT2D eigenvalue weighted by atomic mass is 16.5. The van der Waals surface area contributed by atoms with Crippen molar-refractivity contribution < 1.29 is 23.4 Å². The molecule has 1 aliphatic rings. The van der Waals surface area contributed by atoms with Gasteiger partial charge in [-0.1, -0.05) is 6.42 Å². The highest BCUT2D eigenvalue weighted by Gasteiger charge is 2.15. The Morgan fingerprint density at radius 3 is 2.46 bits per heavy atom. The number of carbonyl (C=O) groups is 1. The SMILES string of the molecule is COc1ccc(C(=O)COc2coc(CN3CCCCC3)cc2=O)cc1OC. The van der Waals surface area contributed by atoms with Crippen molar-refractivity contribution in [3.63, 3.8) is 0 Å². The van der Waals surface area contributed by atoms with Gasteiger partial charge in [0.1, 0.15) is 12.0 Å². The summed E-state index contributed by atoms with van der Waals surface area (Å²) in [4.78, 5) is 26.9. The zero-order valence-corrected chi connectivity index (χ0v) is 16.2. The summed E-state index contributed by atoms with van der Waals surface area (Å²) in [6.07, 6.45) is 4.87. The van der Waals surface area contributed by atoms with Crippen LogP contribution in [-0.2, 0) is 6.54 Å². The van der Waals surface area contributed by atoms with Gasteiger partial charge in [-0.05, 0) is 44.1 Å². The van der Waals surface area contributed by atoms with Crippen LogP contribution in [0.5, 0.6) is 17.2 Å². The molecule has 0 amide bonds. The predicted molar refractivity (Wildman–Crippen MR) is 103 cm³/mol. The van der Waals surface area contributed by atoms with Crippen LogP contribution in [0, 0.1) is 0 Å². The van der Waals surface area contributed by atoms with E-state index in [0.29, 0.717) is 29.4 Å². The summed E-state index contributed by atoms with van der Waals surface area (Å²) in [6.45, 7) is 2.37. The van der Waals surface area contributed by atoms with Gasteiger partial charge in [-0.2, -0.15) is 0 Å². The van der Waals surface area contributed by atoms with Gasteiger partial charge in [-0.15, -0.1) is 0 Å². The Morgan fingerprint density at radius 1 is 1.04 bits per heavy atom. The lowest BCUT2D eigenvalue weighted by Gasteiger charge is -2.25. The molecule has 1 fully saturated rings. The largest absolute Gasteiger partial charge is 0.493 e. The number of rotatable bonds is 8. The van der Waals surface area contributed by atoms with Gasteiger partial charge in [0.2, 0.25) is 11.2 Å². The Balaban J connectivity index is 1.61. The molecule has 1 aromatic carbocycles. The Labute approximate surface area is 163 Å². The standard InChI is InChI=1S/C21H25NO6/c1-25-19-7-6-15(10-20(19)26-2)18(24)13-28-21-14-27-16(11-17(21)23)12-22-8-4-3-5-9-22/h6-7,10-11,14H,3-5,8-9,12-13H2,1-2H3. The lowest BCUT2D eigenvalue weighted by molar-refractivity contribution is 0.0918. The molecule has 0 aliphatic carbocycles. The molecule has 1 saturated heterocycles. The molecule has 2 aromatic rings. The normalized spacial score (nSPS) is 14.5. The molecule has 1 aliphatic heterocycles. The summed E-state index contributed by atoms with van der Waals surface area (Å²) < 4.78 is 21.3. The Kier molecular flexibility index (Phi) is 6.71. The number of piperidine rings is 1. The number of methoxy groups -OCH3 is 2. The molecule has 150 valence electrons. The third kappa shape index (κ3) is 4.92. The quantitative estimate of drug-likeness (QED) is 0.645. The molecular weight excluding hydrogens is 362 g/mol. The topological polar surface area (TPSA) is 78.2 Å². The summed E-state index contributed by atoms with van der Waals surface area (Å²) >= 11 is 0. The van der Waals surface area contributed by atoms with Gasteiger partial charge < -0.3 is 18.6 Å². The van der Waals surface area contributed by atoms with Crippen LogP contribution in [-0.4, -0.2) is 44.6 Å². The van der Waals surface area contributed by atoms with Gasteiger partial charge in [-0.25, -0.2) is 0 Å². The van der Waals surface area contributed by atoms with Crippen molar-refractivity contribution in [1.29, 1.82) is 0 Å². The monoisotopic (exact) mass is 387 g/mol. The third-order valence-electron chi connectivity index (χ3n) is 4.74. The average Bonchev–Trinajstić information content (AvgIpc) is 2.73. The van der Waals surface area contributed by atoms with Crippen molar-refractivity contribution >= 4 is 5.78 Å². The maximum atomic E-state index is 12.4. The van der Waals surface area contributed by atoms with Crippen molar-refractivity contribution in [3.05, 3.63) is 52.1 Å². The number of ketones is 1. The number of ether oxygens (including phenoxy) is 3. The first-order chi connectivity index (χ1) is 13.6. The van der Waals surface area contributed by atoms with Crippen molar-refractivity contribution in [2.75, 3.05) is 33.9 Å². The highest BCUT2D eigenvalue weighted by Crippen LogP contribution is 2.27. The summed E-state index contributed by atoms with van der Waals surface area (Å²) in [6, 6.07) is 6.28. The van der Waals surface area contributed by atoms with E-state index in [1.807, 2.05) is 0 Å². The van der Waals surface area contributed by atoms with Crippen molar-refractivity contribution in [1.82, 2.24) is 4.90 Å². The van der Waals surface area contributed by atoms with Crippen LogP contribution in [0.2, 0.25) is 0 Å². The molecular formula is C21H25NO6. The molecule has 0 atom stereocenters. The zero-order chi connectivity index (χ0) is 19.9. The molecule has 0 saturated carbocycles. The summed E-state index contributed by atoms with van der Waals surface area (Å²) in [7, 11) is 3.02. The van der Waals surface area contributed by atoms with Crippen LogP contribution >= 0.6 is 0 Å². The van der Waals surface area contributed by atoms with E-state index in [1.54, 1.807) is 18.2 Å². The summed E-state index contributed by atoms with van der Waals surface area (Å²) in [5.74, 6) is 1.33. The van der Waals surface area contributed by atoms with Gasteiger partial charge in [0.15, 0.2) is 23.9 Å². The summed E-state index contributed by atoms with van der Waals surface area (Å²) in [5.41, 5.74) is 0.113. The molecule has 2 heterocycles. The number of Topliss-reactive ketones (excluding diaryl/α,β-unsaturated/α-hetero) is 1. The van der Waals surface area contributed by atoms with Crippen LogP contribution in [0.25, 0.3) is 0 Å². The minimum absolute atomic E-state index is 0.0243. The molecule has 0 radical (unpaired) electrons. The first-order valence-electron chi connectivity index (χ1n) is 9.33. The van der Waals surface area contributed by atoms with Crippen molar-refractivity contribution in [2.24, 2.45) is 0 Å². The number of nitrogens with zero attached hydrogens (tertiary/aromatic N) is 1. The minimum Gasteiger partial charge on any atom is -0.493 e. The number of hydrogen-bond acceptors (Lipinski definition) is 7. The number of benzene rings is 1. The minimum atomic E-state index is -0.293. The van der Waals surface area contributed by atoms with Gasteiger partial charge in [0.05, 0.1) is 20.8 Å². The van der Waals surface area contributed by atoms with Gasteiger partial charge >= 0.3 is 0 Å². The van der Waals surface area contributed by atoms with Crippen LogP contribution in [0.15, 0.2) is 39.7 Å². The fourth-order valence-corrected chi connectivity index (χ4v) is 3.20. The maximum absolute atomic E-state index is 12.4. The van der Waals surface area contributed by atoms with E-state index < -0.39 is 0 Å². The van der Waals surface area contributed by atoms with E-state index in [2.05, 4.69) is 4.90 Å². The number of hydrogen-bond donors (Lipinski definition) is 0. The molecule has 1 aromatic heterocycles. The molecule has 0 unspecified atom stereocenters. The average molecular weight is 387 g/mol. The van der Waals surface area contributed by atoms with E-state index in [0.717, 1.165) is 13.1 Å². The molecule has 3 rings (SSSR count). The fraction of sp³-hybridized carbons (Fsp3) is 0.429. The molecule has 28 heavy (non-hydrogen) atoms. The van der Waals surface area contributed by atoms with E-state index in [4.69, 9.17) is 18.6 Å². The Morgan fingerprint density at radius 2 is 1.79 bits per heavy atom. The van der Waals surface area contributed by atoms with Gasteiger partial charge in [0, 0.05) is 11.6 Å². The predicted octanol–water partition coefficient (Wildman–Crippen LogP) is 2.90. The summed E-state index contributed by atoms with van der Waals surface area (Å²) in [5, 5.41) is 0. The highest BCUT2D eigenvalue weighted by molar-refractivity contribution is 5.97. The number of likely N-dealkylation sites (tertiary alicyclic amines) is 1. The third-order valence-corrected chi connectivity index (χ3v) is 4.74. The van der Waals surface area contributed by atoms with Crippen LogP contribution in [0.4, 0.5) is 0 Å². The first kappa shape index (κ1) is 19.9. The van der Waals surface area contributed by atoms with Gasteiger partial charge in [0.25, 0.3) is 0 Å². The van der Waals surface area contributed by atoms with Crippen LogP contribution < -0.4 is 19.6 Å². The second kappa shape index (κ2) is 9.41. The maximum Gasteiger partial charge on any atom is 0.227 e. The van der Waals surface area contributed by atoms with E-state index in [-0.39, 0.29) is 23.6 Å². The van der Waals surface area contributed by atoms with E-state index in [1.165, 1.54) is 45.8 Å². The smallest absolute Gasteiger partial charge is 0.227 e. The zero-order valence-electron chi connectivity index (χ0n) is 16.2. The van der Waals surface area contributed by atoms with Crippen LogP contribution in [0.3, 0.4) is 0 Å². The Hall–Kier alpha value is -2.80.